The van der Waals surface area contributed by atoms with Crippen LogP contribution in [0.15, 0.2) is 54.7 Å². The first-order valence-corrected chi connectivity index (χ1v) is 9.01. The molecule has 3 rings (SSSR count). The van der Waals surface area contributed by atoms with E-state index < -0.39 is 5.97 Å². The lowest BCUT2D eigenvalue weighted by atomic mass is 10.1. The van der Waals surface area contributed by atoms with Crippen LogP contribution in [0.4, 0.5) is 0 Å². The lowest BCUT2D eigenvalue weighted by Crippen LogP contribution is -2.10. The van der Waals surface area contributed by atoms with Gasteiger partial charge in [-0.25, -0.2) is 4.98 Å². The number of benzene rings is 2. The van der Waals surface area contributed by atoms with Crippen molar-refractivity contribution in [1.82, 2.24) is 14.5 Å². The largest absolute Gasteiger partial charge is 0.481 e. The molecule has 0 amide bonds. The number of carboxylic acids is 1. The number of carboxylic acid groups (broad SMARTS) is 1. The maximum atomic E-state index is 10.7. The quantitative estimate of drug-likeness (QED) is 0.693. The van der Waals surface area contributed by atoms with Crippen LogP contribution >= 0.6 is 0 Å². The third-order valence-electron chi connectivity index (χ3n) is 4.46. The van der Waals surface area contributed by atoms with E-state index in [-0.39, 0.29) is 6.42 Å². The lowest BCUT2D eigenvalue weighted by molar-refractivity contribution is -0.136. The van der Waals surface area contributed by atoms with Crippen molar-refractivity contribution in [3.63, 3.8) is 0 Å². The Bertz CT molecular complexity index is 910. The number of rotatable bonds is 7. The van der Waals surface area contributed by atoms with Crippen LogP contribution in [0.5, 0.6) is 0 Å². The fraction of sp³-hybridized carbons (Fsp3) is 0.273. The summed E-state index contributed by atoms with van der Waals surface area (Å²) in [6, 6.07) is 16.5. The molecule has 0 unspecified atom stereocenters. The van der Waals surface area contributed by atoms with E-state index >= 15 is 0 Å². The fourth-order valence-electron chi connectivity index (χ4n) is 3.09. The molecule has 1 N–H and O–H groups in total. The summed E-state index contributed by atoms with van der Waals surface area (Å²) in [5.74, 6) is 0.122. The zero-order valence-electron chi connectivity index (χ0n) is 16.0. The minimum Gasteiger partial charge on any atom is -0.481 e. The van der Waals surface area contributed by atoms with Gasteiger partial charge >= 0.3 is 5.97 Å². The van der Waals surface area contributed by atoms with Crippen molar-refractivity contribution < 1.29 is 9.90 Å². The number of aryl methyl sites for hydroxylation is 2. The van der Waals surface area contributed by atoms with Gasteiger partial charge in [0.25, 0.3) is 0 Å². The topological polar surface area (TPSA) is 58.4 Å². The summed E-state index contributed by atoms with van der Waals surface area (Å²) in [6.07, 6.45) is 2.73. The first kappa shape index (κ1) is 18.9. The Morgan fingerprint density at radius 3 is 2.19 bits per heavy atom. The number of hydrogen-bond acceptors (Lipinski definition) is 3. The van der Waals surface area contributed by atoms with Gasteiger partial charge in [0.15, 0.2) is 0 Å². The van der Waals surface area contributed by atoms with Gasteiger partial charge in [0.2, 0.25) is 0 Å². The van der Waals surface area contributed by atoms with E-state index in [2.05, 4.69) is 43.3 Å². The van der Waals surface area contributed by atoms with Crippen LogP contribution in [0.3, 0.4) is 0 Å². The van der Waals surface area contributed by atoms with E-state index in [1.807, 2.05) is 42.1 Å². The fourth-order valence-corrected chi connectivity index (χ4v) is 3.09. The van der Waals surface area contributed by atoms with Crippen molar-refractivity contribution in [2.24, 2.45) is 7.05 Å². The molecular weight excluding hydrogens is 338 g/mol. The van der Waals surface area contributed by atoms with Crippen LogP contribution in [0, 0.1) is 0 Å². The van der Waals surface area contributed by atoms with Gasteiger partial charge in [0, 0.05) is 37.3 Å². The van der Waals surface area contributed by atoms with Gasteiger partial charge in [-0.3, -0.25) is 4.79 Å². The van der Waals surface area contributed by atoms with Crippen LogP contribution in [0.2, 0.25) is 0 Å². The van der Waals surface area contributed by atoms with Crippen molar-refractivity contribution in [1.29, 1.82) is 0 Å². The molecule has 3 aromatic rings. The van der Waals surface area contributed by atoms with E-state index in [9.17, 15) is 4.79 Å². The van der Waals surface area contributed by atoms with Crippen molar-refractivity contribution in [3.05, 3.63) is 65.9 Å². The van der Waals surface area contributed by atoms with Crippen LogP contribution < -0.4 is 0 Å². The second-order valence-electron chi connectivity index (χ2n) is 7.09. The number of carbonyl (C=O) groups is 1. The molecule has 1 aromatic heterocycles. The normalized spacial score (nSPS) is 11.1. The van der Waals surface area contributed by atoms with Gasteiger partial charge in [-0.05, 0) is 31.6 Å². The van der Waals surface area contributed by atoms with E-state index in [1.54, 1.807) is 0 Å². The third kappa shape index (κ3) is 4.83. The Balaban J connectivity index is 1.79. The summed E-state index contributed by atoms with van der Waals surface area (Å²) in [7, 11) is 6.11. The lowest BCUT2D eigenvalue weighted by Gasteiger charge is -2.09. The number of aromatic nitrogens is 2. The summed E-state index contributed by atoms with van der Waals surface area (Å²) in [5.41, 5.74) is 5.35. The Kier molecular flexibility index (Phi) is 5.72. The molecule has 2 aromatic carbocycles. The average molecular weight is 363 g/mol. The molecule has 0 radical (unpaired) electrons. The molecule has 0 aliphatic heterocycles. The second kappa shape index (κ2) is 8.18. The van der Waals surface area contributed by atoms with Gasteiger partial charge in [-0.2, -0.15) is 0 Å². The Morgan fingerprint density at radius 1 is 1.00 bits per heavy atom. The Labute approximate surface area is 159 Å². The Morgan fingerprint density at radius 2 is 1.59 bits per heavy atom. The van der Waals surface area contributed by atoms with Crippen LogP contribution in [-0.4, -0.2) is 39.6 Å². The monoisotopic (exact) mass is 363 g/mol. The standard InChI is InChI=1S/C22H25N3O2/c1-24(2)14-17-6-9-18(10-7-17)20-15-25(3)22(23-20)19-11-4-16(5-12-19)8-13-21(26)27/h4-7,9-12,15H,8,13-14H2,1-3H3,(H,26,27). The molecule has 0 atom stereocenters. The van der Waals surface area contributed by atoms with Gasteiger partial charge in [0.05, 0.1) is 5.69 Å². The smallest absolute Gasteiger partial charge is 0.303 e. The predicted octanol–water partition coefficient (Wildman–Crippen LogP) is 3.83. The highest BCUT2D eigenvalue weighted by atomic mass is 16.4. The molecule has 0 aliphatic carbocycles. The molecule has 0 fully saturated rings. The summed E-state index contributed by atoms with van der Waals surface area (Å²) >= 11 is 0. The molecule has 27 heavy (non-hydrogen) atoms. The van der Waals surface area contributed by atoms with Crippen molar-refractivity contribution >= 4 is 5.97 Å². The molecule has 0 saturated heterocycles. The van der Waals surface area contributed by atoms with Crippen LogP contribution in [-0.2, 0) is 24.8 Å². The number of hydrogen-bond donors (Lipinski definition) is 1. The highest BCUT2D eigenvalue weighted by molar-refractivity contribution is 5.67. The summed E-state index contributed by atoms with van der Waals surface area (Å²) in [5, 5.41) is 8.80. The first-order chi connectivity index (χ1) is 12.9. The van der Waals surface area contributed by atoms with Crippen molar-refractivity contribution in [2.45, 2.75) is 19.4 Å². The van der Waals surface area contributed by atoms with Gasteiger partial charge in [-0.1, -0.05) is 48.5 Å². The van der Waals surface area contributed by atoms with E-state index in [0.717, 1.165) is 34.8 Å². The SMILES string of the molecule is CN(C)Cc1ccc(-c2cn(C)c(-c3ccc(CCC(=O)O)cc3)n2)cc1. The third-order valence-corrected chi connectivity index (χ3v) is 4.46. The number of aliphatic carboxylic acids is 1. The zero-order valence-corrected chi connectivity index (χ0v) is 16.0. The van der Waals surface area contributed by atoms with Crippen molar-refractivity contribution in [3.8, 4) is 22.6 Å². The first-order valence-electron chi connectivity index (χ1n) is 9.01. The van der Waals surface area contributed by atoms with E-state index in [1.165, 1.54) is 5.56 Å². The summed E-state index contributed by atoms with van der Waals surface area (Å²) < 4.78 is 2.02. The molecule has 140 valence electrons. The summed E-state index contributed by atoms with van der Waals surface area (Å²) in [6.45, 7) is 0.919. The van der Waals surface area contributed by atoms with Gasteiger partial charge in [0.1, 0.15) is 5.82 Å². The zero-order chi connectivity index (χ0) is 19.4. The number of nitrogens with zero attached hydrogens (tertiary/aromatic N) is 3. The van der Waals surface area contributed by atoms with Crippen molar-refractivity contribution in [2.75, 3.05) is 14.1 Å². The molecular formula is C22H25N3O2. The molecule has 0 spiro atoms. The molecule has 5 heteroatoms. The maximum absolute atomic E-state index is 10.7. The summed E-state index contributed by atoms with van der Waals surface area (Å²) in [4.78, 5) is 17.7. The highest BCUT2D eigenvalue weighted by Gasteiger charge is 2.10. The molecule has 0 saturated carbocycles. The van der Waals surface area contributed by atoms with E-state index in [0.29, 0.717) is 6.42 Å². The van der Waals surface area contributed by atoms with Gasteiger partial charge < -0.3 is 14.6 Å². The van der Waals surface area contributed by atoms with E-state index in [4.69, 9.17) is 10.1 Å². The number of imidazole rings is 1. The predicted molar refractivity (Wildman–Crippen MR) is 107 cm³/mol. The van der Waals surface area contributed by atoms with Gasteiger partial charge in [-0.15, -0.1) is 0 Å². The van der Waals surface area contributed by atoms with Crippen LogP contribution in [0.25, 0.3) is 22.6 Å². The molecule has 0 bridgehead atoms. The second-order valence-corrected chi connectivity index (χ2v) is 7.09. The minimum atomic E-state index is -0.774. The van der Waals surface area contributed by atoms with Crippen LogP contribution in [0.1, 0.15) is 17.5 Å². The molecule has 5 nitrogen and oxygen atoms in total. The molecule has 1 heterocycles. The Hall–Kier alpha value is -2.92. The minimum absolute atomic E-state index is 0.149. The highest BCUT2D eigenvalue weighted by Crippen LogP contribution is 2.25. The molecule has 0 aliphatic rings. The average Bonchev–Trinajstić information content (AvgIpc) is 3.02. The maximum Gasteiger partial charge on any atom is 0.303 e.